The normalized spacial score (nSPS) is 19.6. The molecule has 0 radical (unpaired) electrons. The van der Waals surface area contributed by atoms with Gasteiger partial charge < -0.3 is 15.3 Å². The third-order valence-electron chi connectivity index (χ3n) is 3.18. The van der Waals surface area contributed by atoms with Crippen molar-refractivity contribution >= 4 is 29.4 Å². The summed E-state index contributed by atoms with van der Waals surface area (Å²) in [6, 6.07) is 0. The maximum absolute atomic E-state index is 11.7. The molecule has 1 atom stereocenters. The van der Waals surface area contributed by atoms with Crippen LogP contribution in [0.15, 0.2) is 0 Å². The molecule has 108 valence electrons. The maximum Gasteiger partial charge on any atom is 0.308 e. The number of rotatable bonds is 6. The van der Waals surface area contributed by atoms with Crippen LogP contribution in [0.2, 0.25) is 0 Å². The van der Waals surface area contributed by atoms with Crippen molar-refractivity contribution in [3.05, 3.63) is 0 Å². The fraction of sp³-hybridized carbons (Fsp3) is 0.750. The van der Waals surface area contributed by atoms with E-state index in [2.05, 4.69) is 5.32 Å². The van der Waals surface area contributed by atoms with Crippen LogP contribution in [0.5, 0.6) is 0 Å². The Balaban J connectivity index is 2.36. The summed E-state index contributed by atoms with van der Waals surface area (Å²) in [5.41, 5.74) is -0.653. The highest BCUT2D eigenvalue weighted by atomic mass is 35.5. The van der Waals surface area contributed by atoms with E-state index in [4.69, 9.17) is 16.7 Å². The van der Waals surface area contributed by atoms with Gasteiger partial charge in [0.1, 0.15) is 0 Å². The molecule has 0 spiro atoms. The Morgan fingerprint density at radius 3 is 2.63 bits per heavy atom. The van der Waals surface area contributed by atoms with Crippen LogP contribution in [0.3, 0.4) is 0 Å². The number of likely N-dealkylation sites (tertiary alicyclic amines) is 1. The monoisotopic (exact) mass is 290 g/mol. The molecule has 7 heteroatoms. The lowest BCUT2D eigenvalue weighted by Gasteiger charge is -2.22. The van der Waals surface area contributed by atoms with Crippen LogP contribution in [0.1, 0.15) is 20.3 Å². The van der Waals surface area contributed by atoms with Gasteiger partial charge in [-0.25, -0.2) is 0 Å². The van der Waals surface area contributed by atoms with Crippen molar-refractivity contribution in [1.82, 2.24) is 10.2 Å². The summed E-state index contributed by atoms with van der Waals surface area (Å²) in [7, 11) is 0. The van der Waals surface area contributed by atoms with Gasteiger partial charge in [-0.3, -0.25) is 14.4 Å². The number of halogens is 1. The molecular formula is C12H19ClN2O4. The Morgan fingerprint density at radius 1 is 1.53 bits per heavy atom. The van der Waals surface area contributed by atoms with Crippen molar-refractivity contribution in [2.75, 3.05) is 25.5 Å². The average Bonchev–Trinajstić information content (AvgIpc) is 2.71. The van der Waals surface area contributed by atoms with E-state index < -0.39 is 17.3 Å². The number of carbonyl (C=O) groups excluding carboxylic acids is 2. The summed E-state index contributed by atoms with van der Waals surface area (Å²) < 4.78 is 0. The number of hydrogen-bond donors (Lipinski definition) is 2. The fourth-order valence-corrected chi connectivity index (χ4v) is 1.88. The van der Waals surface area contributed by atoms with E-state index in [0.717, 1.165) is 0 Å². The SMILES string of the molecule is CC(C)(CCl)C(=O)NCCN1CC(C(=O)O)CC1=O. The molecule has 1 heterocycles. The predicted octanol–water partition coefficient (Wildman–Crippen LogP) is 0.301. The lowest BCUT2D eigenvalue weighted by molar-refractivity contribution is -0.141. The van der Waals surface area contributed by atoms with Crippen LogP contribution in [0, 0.1) is 11.3 Å². The first-order valence-electron chi connectivity index (χ1n) is 6.13. The third-order valence-corrected chi connectivity index (χ3v) is 3.85. The van der Waals surface area contributed by atoms with Crippen molar-refractivity contribution < 1.29 is 19.5 Å². The topological polar surface area (TPSA) is 86.7 Å². The van der Waals surface area contributed by atoms with Gasteiger partial charge >= 0.3 is 5.97 Å². The Bertz CT molecular complexity index is 384. The standard InChI is InChI=1S/C12H19ClN2O4/c1-12(2,7-13)11(19)14-3-4-15-6-8(10(17)18)5-9(15)16/h8H,3-7H2,1-2H3,(H,14,19)(H,17,18). The van der Waals surface area contributed by atoms with E-state index >= 15 is 0 Å². The molecule has 0 saturated carbocycles. The number of alkyl halides is 1. The molecule has 2 N–H and O–H groups in total. The van der Waals surface area contributed by atoms with Crippen molar-refractivity contribution in [1.29, 1.82) is 0 Å². The van der Waals surface area contributed by atoms with Gasteiger partial charge in [0.05, 0.1) is 11.3 Å². The van der Waals surface area contributed by atoms with Crippen LogP contribution in [0.25, 0.3) is 0 Å². The van der Waals surface area contributed by atoms with E-state index in [1.54, 1.807) is 13.8 Å². The zero-order valence-corrected chi connectivity index (χ0v) is 11.9. The van der Waals surface area contributed by atoms with E-state index in [0.29, 0.717) is 13.1 Å². The summed E-state index contributed by atoms with van der Waals surface area (Å²) >= 11 is 5.68. The predicted molar refractivity (Wildman–Crippen MR) is 69.8 cm³/mol. The Morgan fingerprint density at radius 2 is 2.16 bits per heavy atom. The van der Waals surface area contributed by atoms with Crippen LogP contribution in [-0.4, -0.2) is 53.3 Å². The summed E-state index contributed by atoms with van der Waals surface area (Å²) in [5.74, 6) is -1.74. The highest BCUT2D eigenvalue weighted by Crippen LogP contribution is 2.18. The highest BCUT2D eigenvalue weighted by Gasteiger charge is 2.34. The number of carboxylic acid groups (broad SMARTS) is 1. The van der Waals surface area contributed by atoms with Crippen LogP contribution in [0.4, 0.5) is 0 Å². The van der Waals surface area contributed by atoms with E-state index in [-0.39, 0.29) is 30.7 Å². The number of amides is 2. The Hall–Kier alpha value is -1.30. The van der Waals surface area contributed by atoms with Gasteiger partial charge in [-0.15, -0.1) is 11.6 Å². The zero-order chi connectivity index (χ0) is 14.6. The molecular weight excluding hydrogens is 272 g/mol. The zero-order valence-electron chi connectivity index (χ0n) is 11.1. The van der Waals surface area contributed by atoms with Gasteiger partial charge in [-0.05, 0) is 13.8 Å². The molecule has 2 amide bonds. The molecule has 1 fully saturated rings. The number of nitrogens with zero attached hydrogens (tertiary/aromatic N) is 1. The van der Waals surface area contributed by atoms with Gasteiger partial charge in [0, 0.05) is 31.9 Å². The van der Waals surface area contributed by atoms with Crippen molar-refractivity contribution in [3.63, 3.8) is 0 Å². The molecule has 1 rings (SSSR count). The largest absolute Gasteiger partial charge is 0.481 e. The van der Waals surface area contributed by atoms with Crippen LogP contribution in [-0.2, 0) is 14.4 Å². The van der Waals surface area contributed by atoms with Gasteiger partial charge in [0.15, 0.2) is 0 Å². The fourth-order valence-electron chi connectivity index (χ4n) is 1.76. The molecule has 0 bridgehead atoms. The van der Waals surface area contributed by atoms with Crippen molar-refractivity contribution in [2.45, 2.75) is 20.3 Å². The summed E-state index contributed by atoms with van der Waals surface area (Å²) in [5, 5.41) is 11.5. The summed E-state index contributed by atoms with van der Waals surface area (Å²) in [6.45, 7) is 4.31. The minimum absolute atomic E-state index is 0.0381. The summed E-state index contributed by atoms with van der Waals surface area (Å²) in [4.78, 5) is 35.5. The van der Waals surface area contributed by atoms with Crippen LogP contribution >= 0.6 is 11.6 Å². The first kappa shape index (κ1) is 15.8. The Kier molecular flexibility index (Phi) is 5.17. The third kappa shape index (κ3) is 4.09. The average molecular weight is 291 g/mol. The van der Waals surface area contributed by atoms with E-state index in [9.17, 15) is 14.4 Å². The van der Waals surface area contributed by atoms with Crippen molar-refractivity contribution in [2.24, 2.45) is 11.3 Å². The maximum atomic E-state index is 11.7. The second-order valence-electron chi connectivity index (χ2n) is 5.35. The van der Waals surface area contributed by atoms with Gasteiger partial charge in [-0.1, -0.05) is 0 Å². The highest BCUT2D eigenvalue weighted by molar-refractivity contribution is 6.19. The smallest absolute Gasteiger partial charge is 0.308 e. The first-order valence-corrected chi connectivity index (χ1v) is 6.66. The minimum Gasteiger partial charge on any atom is -0.481 e. The number of carboxylic acids is 1. The van der Waals surface area contributed by atoms with E-state index in [1.807, 2.05) is 0 Å². The second-order valence-corrected chi connectivity index (χ2v) is 5.62. The minimum atomic E-state index is -0.955. The van der Waals surface area contributed by atoms with Gasteiger partial charge in [0.25, 0.3) is 0 Å². The van der Waals surface area contributed by atoms with Crippen LogP contribution < -0.4 is 5.32 Å². The number of aliphatic carboxylic acids is 1. The molecule has 1 aliphatic rings. The Labute approximate surface area is 117 Å². The molecule has 0 aromatic rings. The lowest BCUT2D eigenvalue weighted by atomic mass is 9.95. The molecule has 0 aromatic heterocycles. The molecule has 1 saturated heterocycles. The van der Waals surface area contributed by atoms with E-state index in [1.165, 1.54) is 4.90 Å². The quantitative estimate of drug-likeness (QED) is 0.689. The lowest BCUT2D eigenvalue weighted by Crippen LogP contribution is -2.42. The number of nitrogens with one attached hydrogen (secondary N) is 1. The molecule has 6 nitrogen and oxygen atoms in total. The molecule has 1 aliphatic heterocycles. The number of hydrogen-bond acceptors (Lipinski definition) is 3. The van der Waals surface area contributed by atoms with Gasteiger partial charge in [0.2, 0.25) is 11.8 Å². The molecule has 19 heavy (non-hydrogen) atoms. The second kappa shape index (κ2) is 6.23. The van der Waals surface area contributed by atoms with Crippen molar-refractivity contribution in [3.8, 4) is 0 Å². The molecule has 1 unspecified atom stereocenters. The van der Waals surface area contributed by atoms with Gasteiger partial charge in [-0.2, -0.15) is 0 Å². The molecule has 0 aliphatic carbocycles. The summed E-state index contributed by atoms with van der Waals surface area (Å²) in [6.07, 6.45) is 0.0381. The molecule has 0 aromatic carbocycles. The first-order chi connectivity index (χ1) is 8.77. The number of carbonyl (C=O) groups is 3.